The number of carboxylic acids is 1. The number of phenolic OH excluding ortho intramolecular Hbond substituents is 2. The van der Waals surface area contributed by atoms with Gasteiger partial charge in [-0.05, 0) is 35.4 Å². The third kappa shape index (κ3) is 5.85. The molecule has 0 amide bonds. The molecule has 35 heavy (non-hydrogen) atoms. The maximum Gasteiger partial charge on any atom is 0.343 e. The summed E-state index contributed by atoms with van der Waals surface area (Å²) in [6.07, 6.45) is -0.968. The molecule has 0 spiro atoms. The molecular weight excluding hydrogens is 484 g/mol. The normalized spacial score (nSPS) is 12.3. The van der Waals surface area contributed by atoms with E-state index in [9.17, 15) is 45.6 Å². The fourth-order valence-corrected chi connectivity index (χ4v) is 3.62. The molecule has 11 nitrogen and oxygen atoms in total. The molecule has 3 rings (SSSR count). The van der Waals surface area contributed by atoms with Crippen molar-refractivity contribution >= 4 is 23.3 Å². The van der Waals surface area contributed by atoms with Crippen LogP contribution in [0.25, 0.3) is 11.1 Å². The number of benzene rings is 3. The van der Waals surface area contributed by atoms with Crippen LogP contribution >= 0.6 is 11.6 Å². The number of halogens is 1. The monoisotopic (exact) mass is 506 g/mol. The molecule has 1 unspecified atom stereocenters. The topological polar surface area (TPSA) is 203 Å². The number of rotatable bonds is 9. The molecule has 0 aliphatic carbocycles. The van der Waals surface area contributed by atoms with Crippen molar-refractivity contribution in [2.45, 2.75) is 12.0 Å². The lowest BCUT2D eigenvalue weighted by Crippen LogP contribution is -2.48. The van der Waals surface area contributed by atoms with Crippen molar-refractivity contribution in [3.63, 3.8) is 0 Å². The van der Waals surface area contributed by atoms with E-state index in [1.807, 2.05) is 0 Å². The third-order valence-electron chi connectivity index (χ3n) is 5.05. The zero-order chi connectivity index (χ0) is 25.9. The van der Waals surface area contributed by atoms with E-state index < -0.39 is 58.7 Å². The predicted molar refractivity (Wildman–Crippen MR) is 126 cm³/mol. The van der Waals surface area contributed by atoms with Crippen LogP contribution < -0.4 is 10.6 Å². The standard InChI is InChI=1S/C23H23ClN2O9/c24-13-5-1-3-11(7-13)15(27)9-25-10-23(34,35)26-14-6-2-4-12(8-14)16-18(28)17(22(32)33)20(30)21(31)19(16)29/h1-8,15,25-31,34-35H,9-10H2,(H,32,33). The molecule has 0 aromatic heterocycles. The number of hydrogen-bond acceptors (Lipinski definition) is 10. The Morgan fingerprint density at radius 1 is 0.943 bits per heavy atom. The number of aliphatic hydroxyl groups excluding tert-OH is 1. The lowest BCUT2D eigenvalue weighted by Gasteiger charge is -2.25. The lowest BCUT2D eigenvalue weighted by atomic mass is 9.98. The number of nitrogens with one attached hydrogen (secondary N) is 2. The van der Waals surface area contributed by atoms with E-state index in [1.54, 1.807) is 24.3 Å². The minimum Gasteiger partial charge on any atom is -0.506 e. The smallest absolute Gasteiger partial charge is 0.343 e. The average Bonchev–Trinajstić information content (AvgIpc) is 2.77. The van der Waals surface area contributed by atoms with Gasteiger partial charge in [-0.15, -0.1) is 0 Å². The highest BCUT2D eigenvalue weighted by Crippen LogP contribution is 2.51. The Balaban J connectivity index is 1.76. The first-order valence-electron chi connectivity index (χ1n) is 10.1. The van der Waals surface area contributed by atoms with Crippen LogP contribution in [0, 0.1) is 0 Å². The summed E-state index contributed by atoms with van der Waals surface area (Å²) in [6.45, 7) is -0.466. The number of aromatic hydroxyl groups is 4. The summed E-state index contributed by atoms with van der Waals surface area (Å²) < 4.78 is 0. The maximum atomic E-state index is 11.4. The molecule has 12 heteroatoms. The summed E-state index contributed by atoms with van der Waals surface area (Å²) in [6, 6.07) is 11.9. The van der Waals surface area contributed by atoms with Crippen molar-refractivity contribution in [3.05, 3.63) is 64.7 Å². The molecule has 186 valence electrons. The molecule has 0 fully saturated rings. The molecule has 10 N–H and O–H groups in total. The lowest BCUT2D eigenvalue weighted by molar-refractivity contribution is -0.132. The number of carboxylic acid groups (broad SMARTS) is 1. The van der Waals surface area contributed by atoms with Gasteiger partial charge in [0.1, 0.15) is 11.3 Å². The van der Waals surface area contributed by atoms with Gasteiger partial charge in [-0.25, -0.2) is 4.79 Å². The molecule has 0 aliphatic rings. The van der Waals surface area contributed by atoms with Crippen LogP contribution in [0.15, 0.2) is 48.5 Å². The van der Waals surface area contributed by atoms with Crippen molar-refractivity contribution in [2.75, 3.05) is 18.4 Å². The fourth-order valence-electron chi connectivity index (χ4n) is 3.42. The molecule has 0 bridgehead atoms. The van der Waals surface area contributed by atoms with Crippen molar-refractivity contribution < 1.29 is 45.6 Å². The van der Waals surface area contributed by atoms with E-state index in [2.05, 4.69) is 10.6 Å². The minimum atomic E-state index is -2.51. The van der Waals surface area contributed by atoms with Crippen LogP contribution in [-0.4, -0.2) is 65.8 Å². The van der Waals surface area contributed by atoms with Crippen LogP contribution in [-0.2, 0) is 0 Å². The Morgan fingerprint density at radius 3 is 2.29 bits per heavy atom. The molecule has 0 saturated heterocycles. The second-order valence-electron chi connectivity index (χ2n) is 7.67. The first-order valence-corrected chi connectivity index (χ1v) is 10.5. The molecule has 0 heterocycles. The van der Waals surface area contributed by atoms with Crippen molar-refractivity contribution in [3.8, 4) is 34.1 Å². The first kappa shape index (κ1) is 25.9. The summed E-state index contributed by atoms with van der Waals surface area (Å²) in [5, 5.41) is 85.8. The largest absolute Gasteiger partial charge is 0.506 e. The van der Waals surface area contributed by atoms with E-state index >= 15 is 0 Å². The zero-order valence-corrected chi connectivity index (χ0v) is 18.7. The van der Waals surface area contributed by atoms with Gasteiger partial charge in [-0.1, -0.05) is 35.9 Å². The van der Waals surface area contributed by atoms with Gasteiger partial charge >= 0.3 is 5.97 Å². The summed E-state index contributed by atoms with van der Waals surface area (Å²) in [5.41, 5.74) is -0.916. The SMILES string of the molecule is O=C(O)c1c(O)c(O)c(O)c(-c2cccc(NC(O)(O)CNCC(O)c3cccc(Cl)c3)c2)c1O. The van der Waals surface area contributed by atoms with Gasteiger partial charge in [0.25, 0.3) is 5.91 Å². The van der Waals surface area contributed by atoms with E-state index in [0.29, 0.717) is 10.6 Å². The van der Waals surface area contributed by atoms with Gasteiger partial charge in [0, 0.05) is 17.3 Å². The van der Waals surface area contributed by atoms with Crippen molar-refractivity contribution in [1.29, 1.82) is 0 Å². The Hall–Kier alpha value is -3.74. The third-order valence-corrected chi connectivity index (χ3v) is 5.28. The highest BCUT2D eigenvalue weighted by atomic mass is 35.5. The zero-order valence-electron chi connectivity index (χ0n) is 18.0. The highest BCUT2D eigenvalue weighted by molar-refractivity contribution is 6.30. The number of aliphatic hydroxyl groups is 3. The van der Waals surface area contributed by atoms with E-state index in [-0.39, 0.29) is 17.8 Å². The maximum absolute atomic E-state index is 11.4. The van der Waals surface area contributed by atoms with E-state index in [0.717, 1.165) is 0 Å². The van der Waals surface area contributed by atoms with Crippen LogP contribution in [0.1, 0.15) is 22.0 Å². The first-order chi connectivity index (χ1) is 16.4. The molecular formula is C23H23ClN2O9. The van der Waals surface area contributed by atoms with Crippen molar-refractivity contribution in [2.24, 2.45) is 0 Å². The molecule has 3 aromatic rings. The highest BCUT2D eigenvalue weighted by Gasteiger charge is 2.29. The number of carbonyl (C=O) groups is 1. The van der Waals surface area contributed by atoms with Gasteiger partial charge in [-0.3, -0.25) is 0 Å². The van der Waals surface area contributed by atoms with Crippen LogP contribution in [0.5, 0.6) is 23.0 Å². The van der Waals surface area contributed by atoms with Crippen molar-refractivity contribution in [1.82, 2.24) is 5.32 Å². The number of aromatic carboxylic acids is 1. The second-order valence-corrected chi connectivity index (χ2v) is 8.11. The van der Waals surface area contributed by atoms with E-state index in [4.69, 9.17) is 11.6 Å². The van der Waals surface area contributed by atoms with Crippen LogP contribution in [0.4, 0.5) is 5.69 Å². The number of anilines is 1. The van der Waals surface area contributed by atoms with E-state index in [1.165, 1.54) is 24.3 Å². The van der Waals surface area contributed by atoms with Gasteiger partial charge in [0.15, 0.2) is 11.5 Å². The Kier molecular flexibility index (Phi) is 7.58. The summed E-state index contributed by atoms with van der Waals surface area (Å²) in [7, 11) is 0. The Bertz CT molecular complexity index is 1250. The molecule has 0 saturated carbocycles. The predicted octanol–water partition coefficient (Wildman–Crippen LogP) is 1.90. The Morgan fingerprint density at radius 2 is 1.63 bits per heavy atom. The van der Waals surface area contributed by atoms with Gasteiger partial charge < -0.3 is 51.5 Å². The molecule has 0 aliphatic heterocycles. The quantitative estimate of drug-likeness (QED) is 0.115. The number of hydrogen-bond donors (Lipinski definition) is 10. The summed E-state index contributed by atoms with van der Waals surface area (Å²) >= 11 is 5.89. The summed E-state index contributed by atoms with van der Waals surface area (Å²) in [5.74, 6) is -8.59. The number of phenols is 4. The van der Waals surface area contributed by atoms with Crippen LogP contribution in [0.2, 0.25) is 5.02 Å². The Labute approximate surface area is 203 Å². The van der Waals surface area contributed by atoms with Gasteiger partial charge in [0.2, 0.25) is 5.75 Å². The van der Waals surface area contributed by atoms with Gasteiger partial charge in [0.05, 0.1) is 18.2 Å². The molecule has 1 atom stereocenters. The second kappa shape index (κ2) is 10.3. The molecule has 3 aromatic carbocycles. The average molecular weight is 507 g/mol. The van der Waals surface area contributed by atoms with Gasteiger partial charge in [-0.2, -0.15) is 0 Å². The van der Waals surface area contributed by atoms with Crippen LogP contribution in [0.3, 0.4) is 0 Å². The summed E-state index contributed by atoms with van der Waals surface area (Å²) in [4.78, 5) is 11.4. The molecule has 0 radical (unpaired) electrons. The minimum absolute atomic E-state index is 0.0112. The fraction of sp³-hybridized carbons (Fsp3) is 0.174.